The van der Waals surface area contributed by atoms with E-state index in [2.05, 4.69) is 30.0 Å². The number of hydrogen-bond donors (Lipinski definition) is 1. The fraction of sp³-hybridized carbons (Fsp3) is 0.929. The molecule has 2 atom stereocenters. The van der Waals surface area contributed by atoms with Gasteiger partial charge in [0.15, 0.2) is 0 Å². The lowest BCUT2D eigenvalue weighted by atomic mass is 9.93. The van der Waals surface area contributed by atoms with Crippen LogP contribution in [-0.2, 0) is 0 Å². The molecule has 0 aromatic heterocycles. The first-order valence-corrected chi connectivity index (χ1v) is 7.09. The summed E-state index contributed by atoms with van der Waals surface area (Å²) < 4.78 is 0. The van der Waals surface area contributed by atoms with E-state index in [1.54, 1.807) is 0 Å². The number of hydrogen-bond acceptors (Lipinski definition) is 4. The molecule has 0 aromatic carbocycles. The molecular formula is C14H28N4. The molecule has 4 heteroatoms. The Balaban J connectivity index is 2.32. The van der Waals surface area contributed by atoms with Crippen LogP contribution in [0.25, 0.3) is 0 Å². The molecule has 0 aliphatic carbocycles. The monoisotopic (exact) mass is 252 g/mol. The average molecular weight is 252 g/mol. The highest BCUT2D eigenvalue weighted by atomic mass is 15.2. The summed E-state index contributed by atoms with van der Waals surface area (Å²) in [5, 5.41) is 9.05. The van der Waals surface area contributed by atoms with Crippen molar-refractivity contribution in [3.8, 4) is 6.07 Å². The number of nitrogens with zero attached hydrogens (tertiary/aromatic N) is 3. The molecule has 1 aliphatic heterocycles. The van der Waals surface area contributed by atoms with E-state index in [0.29, 0.717) is 6.04 Å². The van der Waals surface area contributed by atoms with Gasteiger partial charge < -0.3 is 10.6 Å². The topological polar surface area (TPSA) is 56.3 Å². The summed E-state index contributed by atoms with van der Waals surface area (Å²) >= 11 is 0. The standard InChI is InChI=1S/C14H28N4/c1-4-14(16,12-15)8-6-10-18-9-5-7-13(18)11-17(2)3/h13H,4-11,16H2,1-3H3. The Bertz CT molecular complexity index is 284. The maximum Gasteiger partial charge on any atom is 0.104 e. The molecule has 1 saturated heterocycles. The van der Waals surface area contributed by atoms with Crippen molar-refractivity contribution in [1.29, 1.82) is 5.26 Å². The first-order chi connectivity index (χ1) is 8.50. The highest BCUT2D eigenvalue weighted by molar-refractivity contribution is 5.03. The molecule has 4 nitrogen and oxygen atoms in total. The molecule has 0 spiro atoms. The zero-order chi connectivity index (χ0) is 13.6. The van der Waals surface area contributed by atoms with E-state index in [1.807, 2.05) is 6.92 Å². The van der Waals surface area contributed by atoms with Gasteiger partial charge in [-0.2, -0.15) is 5.26 Å². The predicted octanol–water partition coefficient (Wildman–Crippen LogP) is 1.42. The molecule has 0 amide bonds. The van der Waals surface area contributed by atoms with Crippen molar-refractivity contribution in [2.24, 2.45) is 5.73 Å². The third-order valence-corrected chi connectivity index (χ3v) is 4.00. The van der Waals surface area contributed by atoms with Crippen molar-refractivity contribution in [2.75, 3.05) is 33.7 Å². The van der Waals surface area contributed by atoms with Crippen molar-refractivity contribution >= 4 is 0 Å². The van der Waals surface area contributed by atoms with Crippen LogP contribution in [0.5, 0.6) is 0 Å². The van der Waals surface area contributed by atoms with E-state index in [-0.39, 0.29) is 0 Å². The van der Waals surface area contributed by atoms with Crippen LogP contribution < -0.4 is 5.73 Å². The highest BCUT2D eigenvalue weighted by Crippen LogP contribution is 2.20. The van der Waals surface area contributed by atoms with Crippen LogP contribution in [0.1, 0.15) is 39.0 Å². The van der Waals surface area contributed by atoms with Crippen LogP contribution in [0.3, 0.4) is 0 Å². The number of nitriles is 1. The molecule has 18 heavy (non-hydrogen) atoms. The molecule has 1 heterocycles. The molecule has 0 aromatic rings. The molecule has 104 valence electrons. The lowest BCUT2D eigenvalue weighted by molar-refractivity contribution is 0.201. The number of likely N-dealkylation sites (N-methyl/N-ethyl adjacent to an activating group) is 1. The summed E-state index contributed by atoms with van der Waals surface area (Å²) in [5.74, 6) is 0. The molecule has 1 rings (SSSR count). The largest absolute Gasteiger partial charge is 0.313 e. The molecule has 1 fully saturated rings. The van der Waals surface area contributed by atoms with E-state index in [9.17, 15) is 0 Å². The summed E-state index contributed by atoms with van der Waals surface area (Å²) in [6.07, 6.45) is 5.19. The van der Waals surface area contributed by atoms with Crippen LogP contribution in [0, 0.1) is 11.3 Å². The van der Waals surface area contributed by atoms with Gasteiger partial charge in [0.2, 0.25) is 0 Å². The van der Waals surface area contributed by atoms with Gasteiger partial charge in [-0.3, -0.25) is 4.90 Å². The van der Waals surface area contributed by atoms with Gasteiger partial charge in [0.05, 0.1) is 6.07 Å². The van der Waals surface area contributed by atoms with Crippen molar-refractivity contribution in [3.63, 3.8) is 0 Å². The predicted molar refractivity (Wildman–Crippen MR) is 75.2 cm³/mol. The van der Waals surface area contributed by atoms with Gasteiger partial charge in [-0.25, -0.2) is 0 Å². The van der Waals surface area contributed by atoms with Gasteiger partial charge in [0, 0.05) is 12.6 Å². The molecular weight excluding hydrogens is 224 g/mol. The maximum absolute atomic E-state index is 9.05. The first kappa shape index (κ1) is 15.4. The molecule has 0 bridgehead atoms. The van der Waals surface area contributed by atoms with Crippen molar-refractivity contribution in [1.82, 2.24) is 9.80 Å². The lowest BCUT2D eigenvalue weighted by Gasteiger charge is -2.28. The lowest BCUT2D eigenvalue weighted by Crippen LogP contribution is -2.40. The number of rotatable bonds is 7. The quantitative estimate of drug-likeness (QED) is 0.744. The van der Waals surface area contributed by atoms with Gasteiger partial charge in [-0.05, 0) is 59.3 Å². The van der Waals surface area contributed by atoms with Gasteiger partial charge in [-0.15, -0.1) is 0 Å². The molecule has 1 aliphatic rings. The van der Waals surface area contributed by atoms with Crippen LogP contribution in [-0.4, -0.2) is 55.1 Å². The fourth-order valence-corrected chi connectivity index (χ4v) is 2.73. The van der Waals surface area contributed by atoms with Gasteiger partial charge in [0.1, 0.15) is 5.54 Å². The fourth-order valence-electron chi connectivity index (χ4n) is 2.73. The maximum atomic E-state index is 9.05. The Morgan fingerprint density at radius 1 is 1.50 bits per heavy atom. The van der Waals surface area contributed by atoms with E-state index in [4.69, 9.17) is 11.0 Å². The Kier molecular flexibility index (Phi) is 6.07. The van der Waals surface area contributed by atoms with Gasteiger partial charge in [0.25, 0.3) is 0 Å². The zero-order valence-electron chi connectivity index (χ0n) is 12.2. The third kappa shape index (κ3) is 4.56. The summed E-state index contributed by atoms with van der Waals surface area (Å²) in [6.45, 7) is 5.42. The SMILES string of the molecule is CCC(N)(C#N)CCCN1CCCC1CN(C)C. The summed E-state index contributed by atoms with van der Waals surface area (Å²) in [4.78, 5) is 4.82. The van der Waals surface area contributed by atoms with Crippen LogP contribution >= 0.6 is 0 Å². The second kappa shape index (κ2) is 7.08. The normalized spacial score (nSPS) is 24.1. The second-order valence-corrected chi connectivity index (χ2v) is 5.82. The molecule has 2 unspecified atom stereocenters. The third-order valence-electron chi connectivity index (χ3n) is 4.00. The molecule has 2 N–H and O–H groups in total. The number of nitrogens with two attached hydrogens (primary N) is 1. The molecule has 0 saturated carbocycles. The molecule has 0 radical (unpaired) electrons. The van der Waals surface area contributed by atoms with E-state index >= 15 is 0 Å². The Morgan fingerprint density at radius 2 is 2.22 bits per heavy atom. The summed E-state index contributed by atoms with van der Waals surface area (Å²) in [7, 11) is 4.27. The minimum atomic E-state index is -0.614. The minimum absolute atomic E-state index is 0.614. The zero-order valence-corrected chi connectivity index (χ0v) is 12.2. The van der Waals surface area contributed by atoms with E-state index in [0.717, 1.165) is 32.4 Å². The smallest absolute Gasteiger partial charge is 0.104 e. The van der Waals surface area contributed by atoms with Gasteiger partial charge >= 0.3 is 0 Å². The van der Waals surface area contributed by atoms with E-state index < -0.39 is 5.54 Å². The van der Waals surface area contributed by atoms with Crippen molar-refractivity contribution < 1.29 is 0 Å². The Labute approximate surface area is 112 Å². The first-order valence-electron chi connectivity index (χ1n) is 7.09. The van der Waals surface area contributed by atoms with Crippen LogP contribution in [0.15, 0.2) is 0 Å². The van der Waals surface area contributed by atoms with Crippen molar-refractivity contribution in [2.45, 2.75) is 50.6 Å². The van der Waals surface area contributed by atoms with Gasteiger partial charge in [-0.1, -0.05) is 6.92 Å². The van der Waals surface area contributed by atoms with Crippen LogP contribution in [0.2, 0.25) is 0 Å². The average Bonchev–Trinajstić information content (AvgIpc) is 2.75. The van der Waals surface area contributed by atoms with E-state index in [1.165, 1.54) is 19.4 Å². The Morgan fingerprint density at radius 3 is 2.78 bits per heavy atom. The summed E-state index contributed by atoms with van der Waals surface area (Å²) in [6, 6.07) is 2.94. The highest BCUT2D eigenvalue weighted by Gasteiger charge is 2.26. The second-order valence-electron chi connectivity index (χ2n) is 5.82. The van der Waals surface area contributed by atoms with Crippen LogP contribution in [0.4, 0.5) is 0 Å². The minimum Gasteiger partial charge on any atom is -0.313 e. The summed E-state index contributed by atoms with van der Waals surface area (Å²) in [5.41, 5.74) is 5.39. The number of likely N-dealkylation sites (tertiary alicyclic amines) is 1. The van der Waals surface area contributed by atoms with Crippen molar-refractivity contribution in [3.05, 3.63) is 0 Å². The Hall–Kier alpha value is -0.630.